The van der Waals surface area contributed by atoms with E-state index in [1.807, 2.05) is 0 Å². The second-order valence-electron chi connectivity index (χ2n) is 4.00. The number of rotatable bonds is 4. The van der Waals surface area contributed by atoms with E-state index in [1.165, 1.54) is 0 Å². The van der Waals surface area contributed by atoms with Gasteiger partial charge in [0.2, 0.25) is 0 Å². The number of benzene rings is 1. The van der Waals surface area contributed by atoms with Crippen LogP contribution in [0.2, 0.25) is 0 Å². The molecule has 0 amide bonds. The summed E-state index contributed by atoms with van der Waals surface area (Å²) in [4.78, 5) is 13.1. The molecule has 0 spiro atoms. The van der Waals surface area contributed by atoms with Gasteiger partial charge in [-0.3, -0.25) is 4.90 Å². The molecule has 0 aliphatic carbocycles. The topological polar surface area (TPSA) is 49.8 Å². The maximum absolute atomic E-state index is 11.4. The molecule has 4 nitrogen and oxygen atoms in total. The zero-order chi connectivity index (χ0) is 12.3. The molecular formula is C12H17NO3. The number of hydrogen-bond donors (Lipinski definition) is 1. The van der Waals surface area contributed by atoms with Gasteiger partial charge in [0.1, 0.15) is 11.3 Å². The Morgan fingerprint density at radius 2 is 2.06 bits per heavy atom. The molecule has 0 aliphatic heterocycles. The van der Waals surface area contributed by atoms with Gasteiger partial charge in [-0.05, 0) is 38.7 Å². The first-order chi connectivity index (χ1) is 7.42. The van der Waals surface area contributed by atoms with Crippen molar-refractivity contribution in [3.63, 3.8) is 0 Å². The van der Waals surface area contributed by atoms with Gasteiger partial charge in [0.05, 0.1) is 7.11 Å². The van der Waals surface area contributed by atoms with Gasteiger partial charge in [0.15, 0.2) is 0 Å². The first-order valence-electron chi connectivity index (χ1n) is 4.98. The number of carboxylic acids is 1. The zero-order valence-electron chi connectivity index (χ0n) is 10.0. The van der Waals surface area contributed by atoms with Gasteiger partial charge in [-0.25, -0.2) is 4.79 Å². The van der Waals surface area contributed by atoms with Crippen molar-refractivity contribution in [1.29, 1.82) is 0 Å². The van der Waals surface area contributed by atoms with Crippen LogP contribution in [0.4, 0.5) is 0 Å². The zero-order valence-corrected chi connectivity index (χ0v) is 10.0. The summed E-state index contributed by atoms with van der Waals surface area (Å²) in [6, 6.07) is 7.12. The molecule has 4 heteroatoms. The van der Waals surface area contributed by atoms with E-state index in [0.29, 0.717) is 11.3 Å². The fraction of sp³-hybridized carbons (Fsp3) is 0.417. The molecule has 0 fully saturated rings. The summed E-state index contributed by atoms with van der Waals surface area (Å²) in [6.45, 7) is 1.67. The van der Waals surface area contributed by atoms with Crippen LogP contribution in [-0.2, 0) is 10.3 Å². The third-order valence-corrected chi connectivity index (χ3v) is 2.94. The molecule has 0 aromatic heterocycles. The SMILES string of the molecule is COc1cccc(C(C)(C(=O)O)N(C)C)c1. The van der Waals surface area contributed by atoms with Gasteiger partial charge in [0.25, 0.3) is 0 Å². The Morgan fingerprint density at radius 3 is 2.50 bits per heavy atom. The van der Waals surface area contributed by atoms with Crippen LogP contribution in [-0.4, -0.2) is 37.2 Å². The van der Waals surface area contributed by atoms with E-state index in [4.69, 9.17) is 4.74 Å². The van der Waals surface area contributed by atoms with E-state index >= 15 is 0 Å². The first-order valence-corrected chi connectivity index (χ1v) is 4.98. The van der Waals surface area contributed by atoms with E-state index in [0.717, 1.165) is 0 Å². The molecule has 0 saturated heterocycles. The molecule has 1 unspecified atom stereocenters. The maximum Gasteiger partial charge on any atom is 0.328 e. The van der Waals surface area contributed by atoms with Crippen molar-refractivity contribution >= 4 is 5.97 Å². The average molecular weight is 223 g/mol. The maximum atomic E-state index is 11.4. The number of hydrogen-bond acceptors (Lipinski definition) is 3. The van der Waals surface area contributed by atoms with Crippen LogP contribution >= 0.6 is 0 Å². The minimum atomic E-state index is -1.05. The molecule has 0 saturated carbocycles. The van der Waals surface area contributed by atoms with Crippen molar-refractivity contribution in [2.24, 2.45) is 0 Å². The Bertz CT molecular complexity index is 390. The number of likely N-dealkylation sites (N-methyl/N-ethyl adjacent to an activating group) is 1. The second-order valence-corrected chi connectivity index (χ2v) is 4.00. The lowest BCUT2D eigenvalue weighted by molar-refractivity contribution is -0.149. The summed E-state index contributed by atoms with van der Waals surface area (Å²) in [5.74, 6) is -0.224. The summed E-state index contributed by atoms with van der Waals surface area (Å²) in [7, 11) is 5.05. The van der Waals surface area contributed by atoms with Gasteiger partial charge in [-0.2, -0.15) is 0 Å². The lowest BCUT2D eigenvalue weighted by Gasteiger charge is -2.32. The van der Waals surface area contributed by atoms with Crippen LogP contribution in [0.5, 0.6) is 5.75 Å². The molecular weight excluding hydrogens is 206 g/mol. The molecule has 1 N–H and O–H groups in total. The molecule has 1 atom stereocenters. The van der Waals surface area contributed by atoms with Crippen molar-refractivity contribution in [2.75, 3.05) is 21.2 Å². The molecule has 1 aromatic rings. The summed E-state index contributed by atoms with van der Waals surface area (Å²) < 4.78 is 5.10. The third kappa shape index (κ3) is 2.02. The third-order valence-electron chi connectivity index (χ3n) is 2.94. The Labute approximate surface area is 95.5 Å². The highest BCUT2D eigenvalue weighted by Crippen LogP contribution is 2.28. The normalized spacial score (nSPS) is 14.6. The van der Waals surface area contributed by atoms with Crippen LogP contribution in [0.3, 0.4) is 0 Å². The number of ether oxygens (including phenoxy) is 1. The standard InChI is InChI=1S/C12H17NO3/c1-12(11(14)15,13(2)3)9-6-5-7-10(8-9)16-4/h5-8H,1-4H3,(H,14,15). The largest absolute Gasteiger partial charge is 0.497 e. The fourth-order valence-corrected chi connectivity index (χ4v) is 1.50. The highest BCUT2D eigenvalue weighted by atomic mass is 16.5. The summed E-state index contributed by atoms with van der Waals surface area (Å²) >= 11 is 0. The molecule has 0 aliphatic rings. The highest BCUT2D eigenvalue weighted by Gasteiger charge is 2.37. The molecule has 16 heavy (non-hydrogen) atoms. The lowest BCUT2D eigenvalue weighted by Crippen LogP contribution is -2.45. The predicted molar refractivity (Wildman–Crippen MR) is 61.7 cm³/mol. The van der Waals surface area contributed by atoms with Gasteiger partial charge < -0.3 is 9.84 Å². The Hall–Kier alpha value is -1.55. The second kappa shape index (κ2) is 4.53. The molecule has 1 rings (SSSR count). The Balaban J connectivity index is 3.26. The van der Waals surface area contributed by atoms with Crippen LogP contribution in [0.25, 0.3) is 0 Å². The Morgan fingerprint density at radius 1 is 1.44 bits per heavy atom. The fourth-order valence-electron chi connectivity index (χ4n) is 1.50. The number of nitrogens with zero attached hydrogens (tertiary/aromatic N) is 1. The number of methoxy groups -OCH3 is 1. The molecule has 88 valence electrons. The van der Waals surface area contributed by atoms with Crippen LogP contribution in [0.15, 0.2) is 24.3 Å². The van der Waals surface area contributed by atoms with Crippen LogP contribution < -0.4 is 4.74 Å². The minimum Gasteiger partial charge on any atom is -0.497 e. The van der Waals surface area contributed by atoms with Crippen molar-refractivity contribution in [3.05, 3.63) is 29.8 Å². The number of aliphatic carboxylic acids is 1. The number of carbonyl (C=O) groups is 1. The smallest absolute Gasteiger partial charge is 0.328 e. The molecule has 0 heterocycles. The van der Waals surface area contributed by atoms with E-state index in [9.17, 15) is 9.90 Å². The van der Waals surface area contributed by atoms with Gasteiger partial charge in [0, 0.05) is 0 Å². The van der Waals surface area contributed by atoms with Crippen LogP contribution in [0, 0.1) is 0 Å². The van der Waals surface area contributed by atoms with Gasteiger partial charge in [-0.15, -0.1) is 0 Å². The summed E-state index contributed by atoms with van der Waals surface area (Å²) in [5.41, 5.74) is -0.349. The average Bonchev–Trinajstić information content (AvgIpc) is 2.27. The molecule has 0 radical (unpaired) electrons. The number of carboxylic acid groups (broad SMARTS) is 1. The van der Waals surface area contributed by atoms with Crippen LogP contribution in [0.1, 0.15) is 12.5 Å². The minimum absolute atomic E-state index is 0.659. The van der Waals surface area contributed by atoms with Gasteiger partial charge in [-0.1, -0.05) is 12.1 Å². The van der Waals surface area contributed by atoms with Crippen molar-refractivity contribution in [2.45, 2.75) is 12.5 Å². The van der Waals surface area contributed by atoms with Crippen molar-refractivity contribution in [1.82, 2.24) is 4.90 Å². The predicted octanol–water partition coefficient (Wildman–Crippen LogP) is 1.56. The van der Waals surface area contributed by atoms with E-state index in [-0.39, 0.29) is 0 Å². The lowest BCUT2D eigenvalue weighted by atomic mass is 9.91. The molecule has 0 bridgehead atoms. The summed E-state index contributed by atoms with van der Waals surface area (Å²) in [6.07, 6.45) is 0. The van der Waals surface area contributed by atoms with E-state index in [1.54, 1.807) is 57.3 Å². The monoisotopic (exact) mass is 223 g/mol. The van der Waals surface area contributed by atoms with E-state index < -0.39 is 11.5 Å². The van der Waals surface area contributed by atoms with Crippen molar-refractivity contribution in [3.8, 4) is 5.75 Å². The van der Waals surface area contributed by atoms with E-state index in [2.05, 4.69) is 0 Å². The van der Waals surface area contributed by atoms with Gasteiger partial charge >= 0.3 is 5.97 Å². The highest BCUT2D eigenvalue weighted by molar-refractivity contribution is 5.80. The van der Waals surface area contributed by atoms with Crippen molar-refractivity contribution < 1.29 is 14.6 Å². The molecule has 1 aromatic carbocycles. The first kappa shape index (κ1) is 12.5. The quantitative estimate of drug-likeness (QED) is 0.841. The summed E-state index contributed by atoms with van der Waals surface area (Å²) in [5, 5.41) is 9.34. The Kier molecular flexibility index (Phi) is 3.55.